The van der Waals surface area contributed by atoms with E-state index in [0.717, 1.165) is 41.3 Å². The molecule has 0 saturated carbocycles. The van der Waals surface area contributed by atoms with E-state index < -0.39 is 0 Å². The number of pyridine rings is 1. The van der Waals surface area contributed by atoms with Gasteiger partial charge in [-0.1, -0.05) is 12.1 Å². The number of thiophene rings is 1. The summed E-state index contributed by atoms with van der Waals surface area (Å²) in [6, 6.07) is 11.8. The van der Waals surface area contributed by atoms with Gasteiger partial charge in [-0.25, -0.2) is 4.98 Å². The highest BCUT2D eigenvalue weighted by molar-refractivity contribution is 7.13. The molecular formula is C20H21N5OS. The molecule has 6 nitrogen and oxygen atoms in total. The molecular weight excluding hydrogens is 358 g/mol. The molecule has 1 aliphatic heterocycles. The molecule has 1 atom stereocenters. The number of hydrogen-bond acceptors (Lipinski definition) is 6. The smallest absolute Gasteiger partial charge is 0.230 e. The minimum atomic E-state index is -0.0843. The summed E-state index contributed by atoms with van der Waals surface area (Å²) in [7, 11) is 0. The van der Waals surface area contributed by atoms with Crippen molar-refractivity contribution in [3.05, 3.63) is 53.5 Å². The maximum atomic E-state index is 12.7. The molecule has 0 aromatic carbocycles. The Hall–Kier alpha value is -2.80. The molecule has 1 unspecified atom stereocenters. The average Bonchev–Trinajstić information content (AvgIpc) is 3.25. The van der Waals surface area contributed by atoms with Gasteiger partial charge in [0.15, 0.2) is 5.82 Å². The van der Waals surface area contributed by atoms with Gasteiger partial charge < -0.3 is 10.2 Å². The third kappa shape index (κ3) is 3.98. The van der Waals surface area contributed by atoms with E-state index in [1.807, 2.05) is 48.7 Å². The van der Waals surface area contributed by atoms with Crippen molar-refractivity contribution in [2.24, 2.45) is 5.92 Å². The van der Waals surface area contributed by atoms with E-state index in [-0.39, 0.29) is 11.8 Å². The van der Waals surface area contributed by atoms with Crippen LogP contribution in [0, 0.1) is 12.8 Å². The number of carbonyl (C=O) groups excluding carboxylic acids is 1. The number of amides is 1. The van der Waals surface area contributed by atoms with Crippen LogP contribution in [-0.2, 0) is 4.79 Å². The summed E-state index contributed by atoms with van der Waals surface area (Å²) in [5, 5.41) is 13.7. The van der Waals surface area contributed by atoms with Crippen LogP contribution in [0.1, 0.15) is 18.4 Å². The second-order valence-corrected chi connectivity index (χ2v) is 7.65. The molecule has 0 spiro atoms. The lowest BCUT2D eigenvalue weighted by Crippen LogP contribution is -2.41. The lowest BCUT2D eigenvalue weighted by Gasteiger charge is -2.32. The van der Waals surface area contributed by atoms with Gasteiger partial charge in [0.05, 0.1) is 10.8 Å². The van der Waals surface area contributed by atoms with Crippen LogP contribution in [0.2, 0.25) is 0 Å². The fourth-order valence-corrected chi connectivity index (χ4v) is 3.97. The van der Waals surface area contributed by atoms with Gasteiger partial charge in [0.25, 0.3) is 0 Å². The summed E-state index contributed by atoms with van der Waals surface area (Å²) in [4.78, 5) is 20.2. The Balaban J connectivity index is 1.43. The van der Waals surface area contributed by atoms with Gasteiger partial charge in [0.2, 0.25) is 5.91 Å². The summed E-state index contributed by atoms with van der Waals surface area (Å²) in [5.74, 6) is 1.39. The van der Waals surface area contributed by atoms with Gasteiger partial charge >= 0.3 is 0 Å². The molecule has 0 aliphatic carbocycles. The van der Waals surface area contributed by atoms with Gasteiger partial charge in [-0.15, -0.1) is 21.5 Å². The molecule has 3 aromatic rings. The van der Waals surface area contributed by atoms with Crippen LogP contribution in [0.3, 0.4) is 0 Å². The molecule has 0 radical (unpaired) electrons. The van der Waals surface area contributed by atoms with E-state index in [1.54, 1.807) is 17.5 Å². The van der Waals surface area contributed by atoms with Crippen LogP contribution in [0.25, 0.3) is 10.6 Å². The summed E-state index contributed by atoms with van der Waals surface area (Å²) in [6.45, 7) is 3.48. The first-order valence-corrected chi connectivity index (χ1v) is 9.94. The number of piperidine rings is 1. The first-order chi connectivity index (χ1) is 13.2. The zero-order valence-electron chi connectivity index (χ0n) is 15.1. The van der Waals surface area contributed by atoms with Crippen LogP contribution >= 0.6 is 11.3 Å². The fourth-order valence-electron chi connectivity index (χ4n) is 3.28. The Morgan fingerprint density at radius 3 is 2.89 bits per heavy atom. The third-order valence-corrected chi connectivity index (χ3v) is 5.68. The van der Waals surface area contributed by atoms with Crippen molar-refractivity contribution in [1.82, 2.24) is 15.2 Å². The molecule has 1 saturated heterocycles. The maximum absolute atomic E-state index is 12.7. The summed E-state index contributed by atoms with van der Waals surface area (Å²) < 4.78 is 0. The highest BCUT2D eigenvalue weighted by Gasteiger charge is 2.27. The number of rotatable bonds is 4. The molecule has 4 rings (SSSR count). The second-order valence-electron chi connectivity index (χ2n) is 6.70. The van der Waals surface area contributed by atoms with Crippen LogP contribution < -0.4 is 10.2 Å². The second kappa shape index (κ2) is 7.84. The zero-order valence-corrected chi connectivity index (χ0v) is 15.9. The van der Waals surface area contributed by atoms with E-state index in [2.05, 4.69) is 25.4 Å². The fraction of sp³-hybridized carbons (Fsp3) is 0.300. The van der Waals surface area contributed by atoms with Crippen LogP contribution in [0.15, 0.2) is 48.0 Å². The van der Waals surface area contributed by atoms with Crippen LogP contribution in [-0.4, -0.2) is 34.2 Å². The van der Waals surface area contributed by atoms with Gasteiger partial charge in [-0.2, -0.15) is 0 Å². The van der Waals surface area contributed by atoms with Gasteiger partial charge in [-0.05, 0) is 55.0 Å². The highest BCUT2D eigenvalue weighted by Crippen LogP contribution is 2.26. The Morgan fingerprint density at radius 2 is 2.15 bits per heavy atom. The monoisotopic (exact) mass is 379 g/mol. The molecule has 27 heavy (non-hydrogen) atoms. The van der Waals surface area contributed by atoms with Crippen molar-refractivity contribution < 1.29 is 4.79 Å². The van der Waals surface area contributed by atoms with Gasteiger partial charge in [0.1, 0.15) is 11.5 Å². The normalized spacial score (nSPS) is 16.9. The number of anilines is 2. The molecule has 1 N–H and O–H groups in total. The Kier molecular flexibility index (Phi) is 5.11. The van der Waals surface area contributed by atoms with E-state index in [4.69, 9.17) is 0 Å². The maximum Gasteiger partial charge on any atom is 0.230 e. The zero-order chi connectivity index (χ0) is 18.6. The van der Waals surface area contributed by atoms with E-state index >= 15 is 0 Å². The number of carbonyl (C=O) groups is 1. The van der Waals surface area contributed by atoms with Gasteiger partial charge in [0, 0.05) is 19.3 Å². The number of aryl methyl sites for hydroxylation is 1. The molecule has 7 heteroatoms. The average molecular weight is 379 g/mol. The predicted octanol–water partition coefficient (Wildman–Crippen LogP) is 3.76. The summed E-state index contributed by atoms with van der Waals surface area (Å²) in [5.41, 5.74) is 1.85. The number of nitrogens with zero attached hydrogens (tertiary/aromatic N) is 4. The topological polar surface area (TPSA) is 71.0 Å². The first-order valence-electron chi connectivity index (χ1n) is 9.06. The quantitative estimate of drug-likeness (QED) is 0.747. The lowest BCUT2D eigenvalue weighted by atomic mass is 9.97. The minimum absolute atomic E-state index is 0.0182. The number of hydrogen-bond donors (Lipinski definition) is 1. The molecule has 138 valence electrons. The summed E-state index contributed by atoms with van der Waals surface area (Å²) >= 11 is 1.65. The van der Waals surface area contributed by atoms with Crippen LogP contribution in [0.5, 0.6) is 0 Å². The Labute approximate surface area is 162 Å². The van der Waals surface area contributed by atoms with E-state index in [1.165, 1.54) is 0 Å². The molecule has 1 aliphatic rings. The number of aromatic nitrogens is 3. The molecule has 1 amide bonds. The van der Waals surface area contributed by atoms with E-state index in [0.29, 0.717) is 12.4 Å². The van der Waals surface area contributed by atoms with Crippen molar-refractivity contribution in [1.29, 1.82) is 0 Å². The highest BCUT2D eigenvalue weighted by atomic mass is 32.1. The third-order valence-electron chi connectivity index (χ3n) is 4.79. The van der Waals surface area contributed by atoms with Crippen LogP contribution in [0.4, 0.5) is 11.6 Å². The molecule has 0 bridgehead atoms. The first kappa shape index (κ1) is 17.6. The van der Waals surface area contributed by atoms with Crippen molar-refractivity contribution in [3.63, 3.8) is 0 Å². The molecule has 1 fully saturated rings. The SMILES string of the molecule is Cc1cccnc1NC(=O)C1CCCN(c2ccc(-c3cccs3)nn2)C1. The largest absolute Gasteiger partial charge is 0.354 e. The Morgan fingerprint density at radius 1 is 1.22 bits per heavy atom. The van der Waals surface area contributed by atoms with Crippen molar-refractivity contribution >= 4 is 28.9 Å². The number of nitrogens with one attached hydrogen (secondary N) is 1. The van der Waals surface area contributed by atoms with Gasteiger partial charge in [-0.3, -0.25) is 4.79 Å². The standard InChI is InChI=1S/C20H21N5OS/c1-14-5-2-10-21-19(14)22-20(26)15-6-3-11-25(13-15)18-9-8-16(23-24-18)17-7-4-12-27-17/h2,4-5,7-10,12,15H,3,6,11,13H2,1H3,(H,21,22,26). The van der Waals surface area contributed by atoms with Crippen molar-refractivity contribution in [2.75, 3.05) is 23.3 Å². The van der Waals surface area contributed by atoms with E-state index in [9.17, 15) is 4.79 Å². The minimum Gasteiger partial charge on any atom is -0.354 e. The molecule has 4 heterocycles. The molecule has 3 aromatic heterocycles. The van der Waals surface area contributed by atoms with Crippen molar-refractivity contribution in [3.8, 4) is 10.6 Å². The Bertz CT molecular complexity index is 910. The predicted molar refractivity (Wildman–Crippen MR) is 108 cm³/mol. The lowest BCUT2D eigenvalue weighted by molar-refractivity contribution is -0.120. The summed E-state index contributed by atoms with van der Waals surface area (Å²) in [6.07, 6.45) is 3.52. The van der Waals surface area contributed by atoms with Crippen molar-refractivity contribution in [2.45, 2.75) is 19.8 Å².